The van der Waals surface area contributed by atoms with Gasteiger partial charge in [-0.15, -0.1) is 0 Å². The van der Waals surface area contributed by atoms with E-state index in [1.54, 1.807) is 34.8 Å². The van der Waals surface area contributed by atoms with Crippen LogP contribution in [0, 0.1) is 5.92 Å². The van der Waals surface area contributed by atoms with Crippen molar-refractivity contribution < 1.29 is 36.8 Å². The SMILES string of the molecule is CCOP(=O)(OCC)C(CCCN1CCC(C(=O)c2ccc(OC)cc2)CC1)P(=O)(OCC)OCC. The van der Waals surface area contributed by atoms with Crippen molar-refractivity contribution in [3.63, 3.8) is 0 Å². The molecule has 1 aromatic carbocycles. The van der Waals surface area contributed by atoms with Gasteiger partial charge in [0.25, 0.3) is 0 Å². The van der Waals surface area contributed by atoms with Gasteiger partial charge in [-0.3, -0.25) is 13.9 Å². The molecule has 0 spiro atoms. The van der Waals surface area contributed by atoms with Crippen LogP contribution in [0.1, 0.15) is 63.7 Å². The first-order valence-corrected chi connectivity index (χ1v) is 16.2. The van der Waals surface area contributed by atoms with Crippen LogP contribution in [-0.2, 0) is 27.2 Å². The molecule has 0 N–H and O–H groups in total. The summed E-state index contributed by atoms with van der Waals surface area (Å²) in [5, 5.41) is -0.987. The molecule has 11 heteroatoms. The van der Waals surface area contributed by atoms with Crippen molar-refractivity contribution >= 4 is 21.0 Å². The Balaban J connectivity index is 1.99. The standard InChI is InChI=1S/C25H43NO8P2/c1-6-31-35(28,32-7-2)24(36(29,33-8-3)34-9-4)11-10-18-26-19-16-22(17-20-26)25(27)21-12-14-23(30-5)15-13-21/h12-15,22,24H,6-11,16-20H2,1-5H3. The summed E-state index contributed by atoms with van der Waals surface area (Å²) in [6.07, 6.45) is 2.50. The predicted octanol–water partition coefficient (Wildman–Crippen LogP) is 6.23. The molecule has 0 amide bonds. The summed E-state index contributed by atoms with van der Waals surface area (Å²) in [6.45, 7) is 9.89. The quantitative estimate of drug-likeness (QED) is 0.166. The molecule has 0 aromatic heterocycles. The maximum atomic E-state index is 13.6. The average Bonchev–Trinajstić information content (AvgIpc) is 2.87. The topological polar surface area (TPSA) is 101 Å². The summed E-state index contributed by atoms with van der Waals surface area (Å²) in [5.74, 6) is 0.895. The molecular formula is C25H43NO8P2. The van der Waals surface area contributed by atoms with Crippen molar-refractivity contribution in [2.24, 2.45) is 5.92 Å². The van der Waals surface area contributed by atoms with Crippen molar-refractivity contribution in [3.8, 4) is 5.75 Å². The van der Waals surface area contributed by atoms with Gasteiger partial charge >= 0.3 is 15.2 Å². The molecule has 1 fully saturated rings. The normalized spacial score (nSPS) is 15.9. The lowest BCUT2D eigenvalue weighted by Gasteiger charge is -2.33. The molecule has 206 valence electrons. The third kappa shape index (κ3) is 8.49. The highest BCUT2D eigenvalue weighted by Crippen LogP contribution is 2.71. The van der Waals surface area contributed by atoms with E-state index in [1.807, 2.05) is 24.3 Å². The Morgan fingerprint density at radius 2 is 1.36 bits per heavy atom. The van der Waals surface area contributed by atoms with Gasteiger partial charge in [0.2, 0.25) is 0 Å². The van der Waals surface area contributed by atoms with Crippen LogP contribution in [-0.4, -0.2) is 69.3 Å². The van der Waals surface area contributed by atoms with E-state index in [-0.39, 0.29) is 38.1 Å². The summed E-state index contributed by atoms with van der Waals surface area (Å²) in [5.41, 5.74) is 0.710. The minimum absolute atomic E-state index is 0.00496. The summed E-state index contributed by atoms with van der Waals surface area (Å²) >= 11 is 0. The zero-order chi connectivity index (χ0) is 26.6. The second-order valence-corrected chi connectivity index (χ2v) is 13.4. The zero-order valence-electron chi connectivity index (χ0n) is 22.3. The monoisotopic (exact) mass is 547 g/mol. The third-order valence-electron chi connectivity index (χ3n) is 6.24. The van der Waals surface area contributed by atoms with E-state index >= 15 is 0 Å². The number of Topliss-reactive ketones (excluding diaryl/α,β-unsaturated/α-hetero) is 1. The fraction of sp³-hybridized carbons (Fsp3) is 0.720. The molecule has 1 heterocycles. The van der Waals surface area contributed by atoms with Crippen LogP contribution < -0.4 is 4.74 Å². The van der Waals surface area contributed by atoms with E-state index in [9.17, 15) is 13.9 Å². The highest BCUT2D eigenvalue weighted by molar-refractivity contribution is 7.72. The molecular weight excluding hydrogens is 504 g/mol. The fourth-order valence-electron chi connectivity index (χ4n) is 4.54. The average molecular weight is 548 g/mol. The minimum atomic E-state index is -3.73. The van der Waals surface area contributed by atoms with E-state index in [4.69, 9.17) is 22.8 Å². The van der Waals surface area contributed by atoms with Gasteiger partial charge in [0.15, 0.2) is 11.2 Å². The lowest BCUT2D eigenvalue weighted by Crippen LogP contribution is -2.37. The maximum Gasteiger partial charge on any atom is 0.345 e. The highest BCUT2D eigenvalue weighted by Gasteiger charge is 2.50. The van der Waals surface area contributed by atoms with Crippen LogP contribution in [0.25, 0.3) is 0 Å². The van der Waals surface area contributed by atoms with Crippen molar-refractivity contribution in [2.45, 2.75) is 58.8 Å². The molecule has 0 saturated carbocycles. The number of methoxy groups -OCH3 is 1. The molecule has 1 aliphatic heterocycles. The number of hydrogen-bond donors (Lipinski definition) is 0. The Labute approximate surface area is 216 Å². The Hall–Kier alpha value is -1.05. The number of likely N-dealkylation sites (tertiary alicyclic amines) is 1. The Bertz CT molecular complexity index is 837. The first-order valence-electron chi connectivity index (χ1n) is 12.9. The van der Waals surface area contributed by atoms with Crippen molar-refractivity contribution in [3.05, 3.63) is 29.8 Å². The molecule has 0 unspecified atom stereocenters. The van der Waals surface area contributed by atoms with Crippen LogP contribution in [0.2, 0.25) is 0 Å². The molecule has 1 aliphatic rings. The van der Waals surface area contributed by atoms with Crippen LogP contribution in [0.4, 0.5) is 0 Å². The number of nitrogens with zero attached hydrogens (tertiary/aromatic N) is 1. The Morgan fingerprint density at radius 1 is 0.889 bits per heavy atom. The summed E-state index contributed by atoms with van der Waals surface area (Å²) in [7, 11) is -5.85. The van der Waals surface area contributed by atoms with Gasteiger partial charge in [0.05, 0.1) is 33.5 Å². The number of carbonyl (C=O) groups excluding carboxylic acids is 1. The van der Waals surface area contributed by atoms with Gasteiger partial charge in [0.1, 0.15) is 5.75 Å². The van der Waals surface area contributed by atoms with Gasteiger partial charge in [-0.25, -0.2) is 0 Å². The lowest BCUT2D eigenvalue weighted by atomic mass is 9.89. The molecule has 0 radical (unpaired) electrons. The molecule has 2 rings (SSSR count). The summed E-state index contributed by atoms with van der Waals surface area (Å²) in [4.78, 5) is 15.2. The number of ether oxygens (including phenoxy) is 1. The minimum Gasteiger partial charge on any atom is -0.497 e. The Kier molecular flexibility index (Phi) is 13.3. The number of benzene rings is 1. The van der Waals surface area contributed by atoms with Gasteiger partial charge in [-0.2, -0.15) is 0 Å². The number of piperidine rings is 1. The van der Waals surface area contributed by atoms with Crippen molar-refractivity contribution in [2.75, 3.05) is 53.2 Å². The van der Waals surface area contributed by atoms with Crippen LogP contribution >= 0.6 is 15.2 Å². The van der Waals surface area contributed by atoms with Crippen LogP contribution in [0.5, 0.6) is 5.75 Å². The number of ketones is 1. The van der Waals surface area contributed by atoms with E-state index < -0.39 is 20.6 Å². The second-order valence-electron chi connectivity index (χ2n) is 8.58. The van der Waals surface area contributed by atoms with E-state index in [1.165, 1.54) is 0 Å². The van der Waals surface area contributed by atoms with Gasteiger partial charge < -0.3 is 27.7 Å². The molecule has 0 bridgehead atoms. The molecule has 1 saturated heterocycles. The van der Waals surface area contributed by atoms with E-state index in [2.05, 4.69) is 4.90 Å². The predicted molar refractivity (Wildman–Crippen MR) is 141 cm³/mol. The van der Waals surface area contributed by atoms with Gasteiger partial charge in [-0.1, -0.05) is 0 Å². The van der Waals surface area contributed by atoms with Crippen LogP contribution in [0.15, 0.2) is 24.3 Å². The van der Waals surface area contributed by atoms with Crippen molar-refractivity contribution in [1.29, 1.82) is 0 Å². The van der Waals surface area contributed by atoms with Crippen molar-refractivity contribution in [1.82, 2.24) is 4.90 Å². The summed E-state index contributed by atoms with van der Waals surface area (Å²) in [6, 6.07) is 7.26. The largest absolute Gasteiger partial charge is 0.497 e. The number of rotatable bonds is 17. The number of carbonyl (C=O) groups is 1. The van der Waals surface area contributed by atoms with Crippen LogP contribution in [0.3, 0.4) is 0 Å². The Morgan fingerprint density at radius 3 is 1.78 bits per heavy atom. The fourth-order valence-corrected chi connectivity index (χ4v) is 10.00. The zero-order valence-corrected chi connectivity index (χ0v) is 24.1. The molecule has 9 nitrogen and oxygen atoms in total. The molecule has 36 heavy (non-hydrogen) atoms. The number of hydrogen-bond acceptors (Lipinski definition) is 9. The smallest absolute Gasteiger partial charge is 0.345 e. The first-order chi connectivity index (χ1) is 17.3. The van der Waals surface area contributed by atoms with Gasteiger partial charge in [0, 0.05) is 11.5 Å². The lowest BCUT2D eigenvalue weighted by molar-refractivity contribution is 0.0838. The first kappa shape index (κ1) is 31.2. The molecule has 0 aliphatic carbocycles. The maximum absolute atomic E-state index is 13.6. The van der Waals surface area contributed by atoms with E-state index in [0.29, 0.717) is 18.4 Å². The van der Waals surface area contributed by atoms with Gasteiger partial charge in [-0.05, 0) is 97.3 Å². The van der Waals surface area contributed by atoms with E-state index in [0.717, 1.165) is 38.2 Å². The summed E-state index contributed by atoms with van der Waals surface area (Å²) < 4.78 is 54.7. The third-order valence-corrected chi connectivity index (χ3v) is 12.4. The molecule has 1 aromatic rings. The molecule has 0 atom stereocenters. The second kappa shape index (κ2) is 15.4. The highest BCUT2D eigenvalue weighted by atomic mass is 31.2.